The molecule has 0 saturated carbocycles. The smallest absolute Gasteiger partial charge is 0.259 e. The van der Waals surface area contributed by atoms with Gasteiger partial charge in [-0.3, -0.25) is 14.0 Å². The van der Waals surface area contributed by atoms with E-state index in [4.69, 9.17) is 20.2 Å². The third-order valence-electron chi connectivity index (χ3n) is 6.66. The van der Waals surface area contributed by atoms with E-state index < -0.39 is 11.7 Å². The highest BCUT2D eigenvalue weighted by molar-refractivity contribution is 6.04. The topological polar surface area (TPSA) is 137 Å². The van der Waals surface area contributed by atoms with Crippen molar-refractivity contribution in [3.05, 3.63) is 78.3 Å². The Bertz CT molecular complexity index is 1600. The number of aromatic nitrogens is 4. The fourth-order valence-corrected chi connectivity index (χ4v) is 4.80. The van der Waals surface area contributed by atoms with Gasteiger partial charge in [-0.05, 0) is 31.0 Å². The van der Waals surface area contributed by atoms with Crippen LogP contribution in [0.15, 0.2) is 61.1 Å². The Balaban J connectivity index is 1.48. The number of carbonyl (C=O) groups is 2. The third-order valence-corrected chi connectivity index (χ3v) is 6.66. The van der Waals surface area contributed by atoms with Gasteiger partial charge in [0.1, 0.15) is 40.2 Å². The van der Waals surface area contributed by atoms with Gasteiger partial charge in [0.15, 0.2) is 0 Å². The molecular weight excluding hydrogens is 517 g/mol. The largest absolute Gasteiger partial charge is 0.497 e. The Morgan fingerprint density at radius 3 is 2.83 bits per heavy atom. The molecule has 206 valence electrons. The van der Waals surface area contributed by atoms with Crippen LogP contribution in [-0.2, 0) is 9.53 Å². The first-order chi connectivity index (χ1) is 19.4. The lowest BCUT2D eigenvalue weighted by atomic mass is 10.1. The maximum atomic E-state index is 15.3. The summed E-state index contributed by atoms with van der Waals surface area (Å²) in [5.41, 5.74) is 7.39. The summed E-state index contributed by atoms with van der Waals surface area (Å²) in [6.07, 6.45) is 9.42. The van der Waals surface area contributed by atoms with Crippen molar-refractivity contribution >= 4 is 29.0 Å². The van der Waals surface area contributed by atoms with Crippen molar-refractivity contribution in [1.29, 1.82) is 0 Å². The molecule has 1 aromatic carbocycles. The molecule has 1 unspecified atom stereocenters. The van der Waals surface area contributed by atoms with Gasteiger partial charge in [-0.1, -0.05) is 12.1 Å². The molecule has 0 bridgehead atoms. The van der Waals surface area contributed by atoms with E-state index in [1.807, 2.05) is 0 Å². The zero-order chi connectivity index (χ0) is 28.2. The van der Waals surface area contributed by atoms with Crippen LogP contribution in [0.4, 0.5) is 16.0 Å². The highest BCUT2D eigenvalue weighted by atomic mass is 19.1. The number of amides is 2. The standard InChI is InChI=1S/C28H28FN7O4/c1-39-14-4-6-23(37)35-12-3-5-21(35)27-34-24(25-26(30)32-11-13-36(25)27)17-7-8-19(20(29)15-17)28(38)33-22-16-18(40-2)9-10-31-22/h4,6-11,13,15-16,21H,3,5,12,14H2,1-2H3,(H2,30,32)(H,31,33,38). The van der Waals surface area contributed by atoms with Crippen molar-refractivity contribution in [1.82, 2.24) is 24.3 Å². The second-order valence-electron chi connectivity index (χ2n) is 9.13. The minimum Gasteiger partial charge on any atom is -0.497 e. The minimum absolute atomic E-state index is 0.146. The maximum Gasteiger partial charge on any atom is 0.259 e. The van der Waals surface area contributed by atoms with Gasteiger partial charge in [0.05, 0.1) is 25.3 Å². The lowest BCUT2D eigenvalue weighted by Crippen LogP contribution is -2.30. The fourth-order valence-electron chi connectivity index (χ4n) is 4.80. The summed E-state index contributed by atoms with van der Waals surface area (Å²) in [5, 5.41) is 2.58. The normalized spacial score (nSPS) is 15.2. The average Bonchev–Trinajstić information content (AvgIpc) is 3.59. The number of nitrogens with two attached hydrogens (primary N) is 1. The number of rotatable bonds is 8. The number of fused-ring (bicyclic) bond motifs is 1. The quantitative estimate of drug-likeness (QED) is 0.320. The summed E-state index contributed by atoms with van der Waals surface area (Å²) in [4.78, 5) is 40.6. The zero-order valence-electron chi connectivity index (χ0n) is 22.0. The van der Waals surface area contributed by atoms with Crippen LogP contribution in [0.1, 0.15) is 35.1 Å². The van der Waals surface area contributed by atoms with Crippen LogP contribution in [0.25, 0.3) is 16.8 Å². The van der Waals surface area contributed by atoms with Crippen LogP contribution in [0.5, 0.6) is 5.75 Å². The number of nitrogens with zero attached hydrogens (tertiary/aromatic N) is 5. The van der Waals surface area contributed by atoms with Gasteiger partial charge in [-0.25, -0.2) is 19.3 Å². The summed E-state index contributed by atoms with van der Waals surface area (Å²) in [7, 11) is 3.05. The van der Waals surface area contributed by atoms with Crippen LogP contribution in [0, 0.1) is 5.82 Å². The Kier molecular flexibility index (Phi) is 7.69. The van der Waals surface area contributed by atoms with Crippen molar-refractivity contribution in [3.8, 4) is 17.0 Å². The molecule has 4 heterocycles. The minimum atomic E-state index is -0.746. The monoisotopic (exact) mass is 545 g/mol. The lowest BCUT2D eigenvalue weighted by molar-refractivity contribution is -0.127. The molecule has 40 heavy (non-hydrogen) atoms. The molecule has 1 atom stereocenters. The third kappa shape index (κ3) is 5.21. The van der Waals surface area contributed by atoms with E-state index in [1.54, 1.807) is 47.0 Å². The fraction of sp³-hybridized carbons (Fsp3) is 0.250. The van der Waals surface area contributed by atoms with E-state index in [1.165, 1.54) is 37.6 Å². The van der Waals surface area contributed by atoms with Gasteiger partial charge in [0.25, 0.3) is 5.91 Å². The number of carbonyl (C=O) groups excluding carboxylic acids is 2. The summed E-state index contributed by atoms with van der Waals surface area (Å²) in [5.74, 6) is -0.0267. The summed E-state index contributed by atoms with van der Waals surface area (Å²) >= 11 is 0. The first kappa shape index (κ1) is 26.8. The van der Waals surface area contributed by atoms with Crippen LogP contribution in [0.2, 0.25) is 0 Å². The Hall–Kier alpha value is -4.84. The Morgan fingerprint density at radius 2 is 2.05 bits per heavy atom. The molecule has 4 aromatic rings. The molecule has 1 fully saturated rings. The number of likely N-dealkylation sites (tertiary alicyclic amines) is 1. The van der Waals surface area contributed by atoms with Gasteiger partial charge in [0.2, 0.25) is 5.91 Å². The number of hydrogen-bond acceptors (Lipinski definition) is 8. The first-order valence-corrected chi connectivity index (χ1v) is 12.6. The van der Waals surface area contributed by atoms with Crippen molar-refractivity contribution in [2.45, 2.75) is 18.9 Å². The SMILES string of the molecule is COCC=CC(=O)N1CCCC1c1nc(-c2ccc(C(=O)Nc3cc(OC)ccn3)c(F)c2)c2c(N)nccn12. The average molecular weight is 546 g/mol. The van der Waals surface area contributed by atoms with Gasteiger partial charge >= 0.3 is 0 Å². The van der Waals surface area contributed by atoms with E-state index in [0.29, 0.717) is 47.9 Å². The lowest BCUT2D eigenvalue weighted by Gasteiger charge is -2.22. The molecule has 0 aliphatic carbocycles. The molecule has 1 aliphatic rings. The first-order valence-electron chi connectivity index (χ1n) is 12.6. The summed E-state index contributed by atoms with van der Waals surface area (Å²) < 4.78 is 27.2. The van der Waals surface area contributed by atoms with E-state index in [2.05, 4.69) is 15.3 Å². The molecule has 11 nitrogen and oxygen atoms in total. The molecule has 0 radical (unpaired) electrons. The van der Waals surface area contributed by atoms with Gasteiger partial charge in [-0.2, -0.15) is 0 Å². The van der Waals surface area contributed by atoms with E-state index in [9.17, 15) is 9.59 Å². The van der Waals surface area contributed by atoms with Crippen molar-refractivity contribution in [2.75, 3.05) is 38.4 Å². The number of halogens is 1. The van der Waals surface area contributed by atoms with Gasteiger partial charge in [0, 0.05) is 50.0 Å². The summed E-state index contributed by atoms with van der Waals surface area (Å²) in [6, 6.07) is 7.06. The highest BCUT2D eigenvalue weighted by Gasteiger charge is 2.33. The number of pyridine rings is 1. The molecule has 2 amide bonds. The van der Waals surface area contributed by atoms with Crippen LogP contribution in [-0.4, -0.2) is 63.4 Å². The van der Waals surface area contributed by atoms with Crippen molar-refractivity contribution in [3.63, 3.8) is 0 Å². The van der Waals surface area contributed by atoms with Gasteiger partial charge in [-0.15, -0.1) is 0 Å². The number of hydrogen-bond donors (Lipinski definition) is 2. The molecule has 3 N–H and O–H groups in total. The summed E-state index contributed by atoms with van der Waals surface area (Å²) in [6.45, 7) is 0.907. The molecule has 1 saturated heterocycles. The van der Waals surface area contributed by atoms with E-state index in [-0.39, 0.29) is 29.1 Å². The molecular formula is C28H28FN7O4. The van der Waals surface area contributed by atoms with E-state index >= 15 is 4.39 Å². The maximum absolute atomic E-state index is 15.3. The number of ether oxygens (including phenoxy) is 2. The van der Waals surface area contributed by atoms with Gasteiger partial charge < -0.3 is 25.4 Å². The van der Waals surface area contributed by atoms with Crippen molar-refractivity contribution < 1.29 is 23.5 Å². The number of nitrogens with one attached hydrogen (secondary N) is 1. The second-order valence-corrected chi connectivity index (χ2v) is 9.13. The number of nitrogen functional groups attached to an aromatic ring is 1. The molecule has 5 rings (SSSR count). The molecule has 0 spiro atoms. The Labute approximate surface area is 229 Å². The zero-order valence-corrected chi connectivity index (χ0v) is 22.0. The van der Waals surface area contributed by atoms with E-state index in [0.717, 1.165) is 6.42 Å². The molecule has 3 aromatic heterocycles. The Morgan fingerprint density at radius 1 is 1.20 bits per heavy atom. The van der Waals surface area contributed by atoms with Crippen LogP contribution in [0.3, 0.4) is 0 Å². The number of imidazole rings is 1. The van der Waals surface area contributed by atoms with Crippen LogP contribution < -0.4 is 15.8 Å². The predicted molar refractivity (Wildman–Crippen MR) is 146 cm³/mol. The predicted octanol–water partition coefficient (Wildman–Crippen LogP) is 3.64. The number of anilines is 2. The van der Waals surface area contributed by atoms with Crippen LogP contribution >= 0.6 is 0 Å². The van der Waals surface area contributed by atoms with Crippen molar-refractivity contribution in [2.24, 2.45) is 0 Å². The second kappa shape index (κ2) is 11.5. The highest BCUT2D eigenvalue weighted by Crippen LogP contribution is 2.37. The number of benzene rings is 1. The number of methoxy groups -OCH3 is 2. The molecule has 1 aliphatic heterocycles. The molecule has 12 heteroatoms.